The minimum atomic E-state index is -0.256. The van der Waals surface area contributed by atoms with Crippen LogP contribution in [0.1, 0.15) is 38.2 Å². The van der Waals surface area contributed by atoms with E-state index >= 15 is 0 Å². The van der Waals surface area contributed by atoms with Crippen LogP contribution in [0.2, 0.25) is 0 Å². The molecule has 2 aromatic carbocycles. The van der Waals surface area contributed by atoms with Gasteiger partial charge in [-0.15, -0.1) is 0 Å². The smallest absolute Gasteiger partial charge is 0.246 e. The van der Waals surface area contributed by atoms with E-state index in [0.717, 1.165) is 53.9 Å². The van der Waals surface area contributed by atoms with E-state index in [1.54, 1.807) is 12.0 Å². The predicted molar refractivity (Wildman–Crippen MR) is 133 cm³/mol. The van der Waals surface area contributed by atoms with Crippen molar-refractivity contribution >= 4 is 17.8 Å². The van der Waals surface area contributed by atoms with Crippen LogP contribution < -0.4 is 10.1 Å². The number of rotatable bonds is 8. The molecule has 0 radical (unpaired) electrons. The predicted octanol–water partition coefficient (Wildman–Crippen LogP) is 4.83. The second-order valence-corrected chi connectivity index (χ2v) is 8.77. The van der Waals surface area contributed by atoms with Crippen LogP contribution in [0.3, 0.4) is 0 Å². The molecule has 1 fully saturated rings. The first-order valence-corrected chi connectivity index (χ1v) is 11.9. The number of hydrogen-bond donors (Lipinski definition) is 1. The summed E-state index contributed by atoms with van der Waals surface area (Å²) in [6.07, 6.45) is 5.91. The Labute approximate surface area is 200 Å². The first kappa shape index (κ1) is 23.5. The van der Waals surface area contributed by atoms with Gasteiger partial charge >= 0.3 is 0 Å². The zero-order chi connectivity index (χ0) is 24.1. The van der Waals surface area contributed by atoms with Gasteiger partial charge in [0, 0.05) is 29.9 Å². The van der Waals surface area contributed by atoms with Crippen LogP contribution in [0.5, 0.6) is 5.75 Å². The van der Waals surface area contributed by atoms with Gasteiger partial charge in [0.25, 0.3) is 0 Å². The highest BCUT2D eigenvalue weighted by atomic mass is 16.5. The van der Waals surface area contributed by atoms with Gasteiger partial charge in [-0.25, -0.2) is 4.98 Å². The van der Waals surface area contributed by atoms with E-state index < -0.39 is 0 Å². The number of benzene rings is 2. The molecule has 1 aromatic heterocycles. The minimum Gasteiger partial charge on any atom is -0.497 e. The summed E-state index contributed by atoms with van der Waals surface area (Å²) >= 11 is 0. The summed E-state index contributed by atoms with van der Waals surface area (Å²) < 4.78 is 7.12. The zero-order valence-electron chi connectivity index (χ0n) is 20.1. The average molecular weight is 461 g/mol. The van der Waals surface area contributed by atoms with Gasteiger partial charge in [-0.2, -0.15) is 0 Å². The molecule has 2 amide bonds. The molecule has 3 aromatic rings. The highest BCUT2D eigenvalue weighted by Gasteiger charge is 2.28. The van der Waals surface area contributed by atoms with Gasteiger partial charge in [0.05, 0.1) is 19.3 Å². The summed E-state index contributed by atoms with van der Waals surface area (Å²) in [6, 6.07) is 15.7. The summed E-state index contributed by atoms with van der Waals surface area (Å²) in [6.45, 7) is 4.47. The molecule has 0 saturated heterocycles. The van der Waals surface area contributed by atoms with Gasteiger partial charge in [0.15, 0.2) is 0 Å². The maximum atomic E-state index is 13.0. The van der Waals surface area contributed by atoms with E-state index in [4.69, 9.17) is 9.72 Å². The van der Waals surface area contributed by atoms with Crippen molar-refractivity contribution in [2.24, 2.45) is 5.92 Å². The van der Waals surface area contributed by atoms with E-state index in [9.17, 15) is 9.59 Å². The molecule has 1 aliphatic rings. The number of amides is 2. The fourth-order valence-corrected chi connectivity index (χ4v) is 4.39. The van der Waals surface area contributed by atoms with E-state index in [-0.39, 0.29) is 24.3 Å². The topological polar surface area (TPSA) is 76.5 Å². The van der Waals surface area contributed by atoms with Crippen LogP contribution in [0, 0.1) is 12.8 Å². The number of imidazole rings is 1. The average Bonchev–Trinajstić information content (AvgIpc) is 3.53. The summed E-state index contributed by atoms with van der Waals surface area (Å²) in [5.41, 5.74) is 3.68. The second kappa shape index (κ2) is 10.5. The fourth-order valence-electron chi connectivity index (χ4n) is 4.39. The number of carbonyl (C=O) groups is 2. The number of carbonyl (C=O) groups excluding carboxylic acids is 2. The number of ether oxygens (including phenoxy) is 1. The van der Waals surface area contributed by atoms with E-state index in [0.29, 0.717) is 12.5 Å². The molecule has 0 unspecified atom stereocenters. The Kier molecular flexibility index (Phi) is 7.30. The quantitative estimate of drug-likeness (QED) is 0.522. The third kappa shape index (κ3) is 5.30. The van der Waals surface area contributed by atoms with Crippen LogP contribution >= 0.6 is 0 Å². The Balaban J connectivity index is 1.58. The molecule has 1 aliphatic carbocycles. The molecule has 7 nitrogen and oxygen atoms in total. The molecular weight excluding hydrogens is 428 g/mol. The van der Waals surface area contributed by atoms with Crippen molar-refractivity contribution in [3.8, 4) is 22.7 Å². The summed E-state index contributed by atoms with van der Waals surface area (Å²) in [7, 11) is 1.63. The summed E-state index contributed by atoms with van der Waals surface area (Å²) in [5, 5.41) is 2.94. The largest absolute Gasteiger partial charge is 0.497 e. The number of aryl methyl sites for hydroxylation is 1. The van der Waals surface area contributed by atoms with Gasteiger partial charge in [0.1, 0.15) is 5.75 Å². The molecule has 0 atom stereocenters. The van der Waals surface area contributed by atoms with Crippen molar-refractivity contribution in [1.82, 2.24) is 14.5 Å². The molecule has 7 heteroatoms. The van der Waals surface area contributed by atoms with Crippen molar-refractivity contribution < 1.29 is 14.3 Å². The van der Waals surface area contributed by atoms with Crippen molar-refractivity contribution in [2.45, 2.75) is 39.5 Å². The van der Waals surface area contributed by atoms with Gasteiger partial charge in [0.2, 0.25) is 17.8 Å². The number of aromatic nitrogens is 2. The number of nitrogens with one attached hydrogen (secondary N) is 1. The van der Waals surface area contributed by atoms with Crippen LogP contribution in [-0.2, 0) is 9.59 Å². The lowest BCUT2D eigenvalue weighted by atomic mass is 10.1. The molecule has 0 aliphatic heterocycles. The second-order valence-electron chi connectivity index (χ2n) is 8.77. The Morgan fingerprint density at radius 1 is 1.09 bits per heavy atom. The molecule has 1 N–H and O–H groups in total. The van der Waals surface area contributed by atoms with Crippen LogP contribution in [0.4, 0.5) is 5.95 Å². The van der Waals surface area contributed by atoms with Crippen molar-refractivity contribution in [2.75, 3.05) is 25.5 Å². The van der Waals surface area contributed by atoms with Crippen molar-refractivity contribution in [3.05, 3.63) is 60.3 Å². The Morgan fingerprint density at radius 2 is 1.76 bits per heavy atom. The molecule has 34 heavy (non-hydrogen) atoms. The maximum Gasteiger partial charge on any atom is 0.246 e. The minimum absolute atomic E-state index is 0.0183. The van der Waals surface area contributed by atoms with E-state index in [1.165, 1.54) is 0 Å². The Hall–Kier alpha value is -3.61. The van der Waals surface area contributed by atoms with Gasteiger partial charge < -0.3 is 9.64 Å². The number of methoxy groups -OCH3 is 1. The third-order valence-corrected chi connectivity index (χ3v) is 6.39. The lowest BCUT2D eigenvalue weighted by Gasteiger charge is -2.23. The zero-order valence-corrected chi connectivity index (χ0v) is 20.1. The summed E-state index contributed by atoms with van der Waals surface area (Å²) in [4.78, 5) is 32.2. The monoisotopic (exact) mass is 460 g/mol. The van der Waals surface area contributed by atoms with Crippen molar-refractivity contribution in [3.63, 3.8) is 0 Å². The van der Waals surface area contributed by atoms with Gasteiger partial charge in [-0.05, 0) is 63.1 Å². The van der Waals surface area contributed by atoms with Crippen LogP contribution in [-0.4, -0.2) is 46.5 Å². The molecular formula is C27H32N4O3. The molecule has 178 valence electrons. The number of nitrogens with zero attached hydrogens (tertiary/aromatic N) is 3. The fraction of sp³-hybridized carbons (Fsp3) is 0.370. The molecule has 0 spiro atoms. The maximum absolute atomic E-state index is 13.0. The van der Waals surface area contributed by atoms with Crippen LogP contribution in [0.25, 0.3) is 16.9 Å². The first-order valence-electron chi connectivity index (χ1n) is 11.9. The van der Waals surface area contributed by atoms with E-state index in [1.807, 2.05) is 73.1 Å². The Morgan fingerprint density at radius 3 is 2.38 bits per heavy atom. The number of anilines is 1. The normalized spacial score (nSPS) is 13.6. The molecule has 0 bridgehead atoms. The number of likely N-dealkylation sites (N-methyl/N-ethyl adjacent to an activating group) is 1. The highest BCUT2D eigenvalue weighted by Crippen LogP contribution is 2.28. The number of hydrogen-bond acceptors (Lipinski definition) is 4. The Bertz CT molecular complexity index is 1130. The molecule has 4 rings (SSSR count). The highest BCUT2D eigenvalue weighted by molar-refractivity contribution is 5.94. The van der Waals surface area contributed by atoms with Gasteiger partial charge in [-0.3, -0.25) is 19.5 Å². The van der Waals surface area contributed by atoms with Gasteiger partial charge in [-0.1, -0.05) is 30.5 Å². The summed E-state index contributed by atoms with van der Waals surface area (Å²) in [5.74, 6) is 1.05. The van der Waals surface area contributed by atoms with E-state index in [2.05, 4.69) is 5.32 Å². The standard InChI is InChI=1S/C27H32N4O3/c1-4-30(26(33)21-7-5-6-8-21)18-25(32)29-27-28-24(20-11-15-23(34-3)16-12-20)17-31(27)22-13-9-19(2)10-14-22/h9-17,21H,4-8,18H2,1-3H3,(H,28,29,32). The molecule has 1 saturated carbocycles. The lowest BCUT2D eigenvalue weighted by Crippen LogP contribution is -2.40. The molecule has 1 heterocycles. The van der Waals surface area contributed by atoms with Crippen molar-refractivity contribution in [1.29, 1.82) is 0 Å². The van der Waals surface area contributed by atoms with Crippen LogP contribution in [0.15, 0.2) is 54.7 Å². The third-order valence-electron chi connectivity index (χ3n) is 6.39. The lowest BCUT2D eigenvalue weighted by molar-refractivity contribution is -0.138. The first-order chi connectivity index (χ1) is 16.5. The SMILES string of the molecule is CCN(CC(=O)Nc1nc(-c2ccc(OC)cc2)cn1-c1ccc(C)cc1)C(=O)C1CCCC1.